The van der Waals surface area contributed by atoms with E-state index in [1.54, 1.807) is 6.07 Å². The molecule has 0 aliphatic rings. The largest absolute Gasteiger partial charge is 0.487 e. The van der Waals surface area contributed by atoms with Crippen LogP contribution < -0.4 is 4.74 Å². The van der Waals surface area contributed by atoms with E-state index in [1.165, 1.54) is 11.6 Å². The van der Waals surface area contributed by atoms with Crippen LogP contribution in [0.4, 0.5) is 4.39 Å². The Balaban J connectivity index is 1.94. The van der Waals surface area contributed by atoms with Crippen molar-refractivity contribution < 1.29 is 9.13 Å². The summed E-state index contributed by atoms with van der Waals surface area (Å²) in [5, 5.41) is 0.652. The maximum Gasteiger partial charge on any atom is 0.132 e. The minimum Gasteiger partial charge on any atom is -0.487 e. The Labute approximate surface area is 130 Å². The first kappa shape index (κ1) is 14.6. The van der Waals surface area contributed by atoms with E-state index in [9.17, 15) is 4.39 Å². The topological polar surface area (TPSA) is 14.2 Å². The molecule has 0 N–H and O–H groups in total. The number of aromatic nitrogens is 1. The number of hydrogen-bond donors (Lipinski definition) is 0. The molecular weight excluding hydrogens is 277 g/mol. The van der Waals surface area contributed by atoms with Crippen LogP contribution in [0, 0.1) is 12.7 Å². The maximum atomic E-state index is 14.0. The van der Waals surface area contributed by atoms with Crippen molar-refractivity contribution in [1.82, 2.24) is 4.57 Å². The van der Waals surface area contributed by atoms with E-state index < -0.39 is 0 Å². The average Bonchev–Trinajstić information content (AvgIpc) is 2.87. The highest BCUT2D eigenvalue weighted by Crippen LogP contribution is 2.27. The van der Waals surface area contributed by atoms with Crippen LogP contribution in [0.5, 0.6) is 5.75 Å². The molecule has 0 aliphatic carbocycles. The van der Waals surface area contributed by atoms with Crippen molar-refractivity contribution in [2.24, 2.45) is 0 Å². The smallest absolute Gasteiger partial charge is 0.132 e. The van der Waals surface area contributed by atoms with E-state index >= 15 is 0 Å². The number of benzene rings is 2. The van der Waals surface area contributed by atoms with Gasteiger partial charge in [0.05, 0.1) is 11.2 Å². The monoisotopic (exact) mass is 297 g/mol. The van der Waals surface area contributed by atoms with E-state index in [2.05, 4.69) is 18.4 Å². The van der Waals surface area contributed by atoms with Gasteiger partial charge in [-0.25, -0.2) is 4.39 Å². The molecule has 0 radical (unpaired) electrons. The molecule has 0 bridgehead atoms. The molecule has 3 aromatic rings. The summed E-state index contributed by atoms with van der Waals surface area (Å²) in [4.78, 5) is 0. The third-order valence-electron chi connectivity index (χ3n) is 3.83. The normalized spacial score (nSPS) is 11.3. The van der Waals surface area contributed by atoms with Crippen LogP contribution in [-0.2, 0) is 6.61 Å². The van der Waals surface area contributed by atoms with Gasteiger partial charge in [-0.05, 0) is 51.1 Å². The molecule has 0 atom stereocenters. The molecule has 2 nitrogen and oxygen atoms in total. The summed E-state index contributed by atoms with van der Waals surface area (Å²) in [6.45, 7) is 6.66. The van der Waals surface area contributed by atoms with Crippen molar-refractivity contribution in [2.45, 2.75) is 33.4 Å². The van der Waals surface area contributed by atoms with Crippen LogP contribution in [-0.4, -0.2) is 4.57 Å². The third kappa shape index (κ3) is 2.71. The van der Waals surface area contributed by atoms with E-state index in [-0.39, 0.29) is 11.9 Å². The second-order valence-electron chi connectivity index (χ2n) is 5.87. The lowest BCUT2D eigenvalue weighted by molar-refractivity contribution is 0.293. The van der Waals surface area contributed by atoms with Gasteiger partial charge in [-0.1, -0.05) is 23.8 Å². The van der Waals surface area contributed by atoms with Gasteiger partial charge < -0.3 is 9.30 Å². The zero-order chi connectivity index (χ0) is 15.7. The lowest BCUT2D eigenvalue weighted by Gasteiger charge is -2.15. The van der Waals surface area contributed by atoms with Gasteiger partial charge in [0.25, 0.3) is 0 Å². The summed E-state index contributed by atoms with van der Waals surface area (Å²) in [6.07, 6.45) is 0. The molecule has 114 valence electrons. The summed E-state index contributed by atoms with van der Waals surface area (Å²) in [5.41, 5.74) is 3.10. The van der Waals surface area contributed by atoms with Gasteiger partial charge in [-0.2, -0.15) is 0 Å². The predicted molar refractivity (Wildman–Crippen MR) is 87.8 cm³/mol. The minimum absolute atomic E-state index is 0.187. The quantitative estimate of drug-likeness (QED) is 0.641. The SMILES string of the molecule is Cc1ccc(OCc2cc3c(F)cccc3n2C(C)C)cc1. The molecule has 22 heavy (non-hydrogen) atoms. The number of ether oxygens (including phenoxy) is 1. The molecule has 2 aromatic carbocycles. The molecule has 0 unspecified atom stereocenters. The van der Waals surface area contributed by atoms with Gasteiger partial charge in [0, 0.05) is 11.4 Å². The molecule has 1 aromatic heterocycles. The van der Waals surface area contributed by atoms with Gasteiger partial charge in [0.15, 0.2) is 0 Å². The number of rotatable bonds is 4. The first-order chi connectivity index (χ1) is 10.6. The zero-order valence-electron chi connectivity index (χ0n) is 13.1. The molecule has 3 heteroatoms. The van der Waals surface area contributed by atoms with Crippen molar-refractivity contribution in [3.63, 3.8) is 0 Å². The van der Waals surface area contributed by atoms with Crippen molar-refractivity contribution in [1.29, 1.82) is 0 Å². The Morgan fingerprint density at radius 3 is 2.50 bits per heavy atom. The third-order valence-corrected chi connectivity index (χ3v) is 3.83. The van der Waals surface area contributed by atoms with Crippen LogP contribution in [0.1, 0.15) is 31.1 Å². The number of nitrogens with zero attached hydrogens (tertiary/aromatic N) is 1. The fourth-order valence-electron chi connectivity index (χ4n) is 2.78. The summed E-state index contributed by atoms with van der Waals surface area (Å²) in [7, 11) is 0. The molecule has 0 amide bonds. The van der Waals surface area contributed by atoms with Gasteiger partial charge in [0.1, 0.15) is 18.2 Å². The van der Waals surface area contributed by atoms with Crippen LogP contribution in [0.25, 0.3) is 10.9 Å². The predicted octanol–water partition coefficient (Wildman–Crippen LogP) is 5.25. The second kappa shape index (κ2) is 5.84. The molecule has 0 saturated carbocycles. The van der Waals surface area contributed by atoms with Crippen molar-refractivity contribution in [3.8, 4) is 5.75 Å². The highest BCUT2D eigenvalue weighted by Gasteiger charge is 2.14. The number of fused-ring (bicyclic) bond motifs is 1. The first-order valence-corrected chi connectivity index (χ1v) is 7.54. The Hall–Kier alpha value is -2.29. The number of halogens is 1. The Morgan fingerprint density at radius 2 is 1.82 bits per heavy atom. The summed E-state index contributed by atoms with van der Waals surface area (Å²) in [5.74, 6) is 0.639. The van der Waals surface area contributed by atoms with Crippen LogP contribution in [0.3, 0.4) is 0 Å². The fraction of sp³-hybridized carbons (Fsp3) is 0.263. The van der Waals surface area contributed by atoms with Crippen molar-refractivity contribution >= 4 is 10.9 Å². The maximum absolute atomic E-state index is 14.0. The van der Waals surface area contributed by atoms with Crippen LogP contribution in [0.2, 0.25) is 0 Å². The Bertz CT molecular complexity index is 787. The van der Waals surface area contributed by atoms with Crippen LogP contribution >= 0.6 is 0 Å². The van der Waals surface area contributed by atoms with E-state index in [1.807, 2.05) is 43.3 Å². The highest BCUT2D eigenvalue weighted by molar-refractivity contribution is 5.82. The summed E-state index contributed by atoms with van der Waals surface area (Å²) >= 11 is 0. The number of aryl methyl sites for hydroxylation is 1. The molecule has 0 aliphatic heterocycles. The van der Waals surface area contributed by atoms with Gasteiger partial charge in [-0.3, -0.25) is 0 Å². The van der Waals surface area contributed by atoms with Crippen molar-refractivity contribution in [3.05, 3.63) is 65.6 Å². The van der Waals surface area contributed by atoms with Gasteiger partial charge >= 0.3 is 0 Å². The van der Waals surface area contributed by atoms with E-state index in [4.69, 9.17) is 4.74 Å². The molecule has 0 saturated heterocycles. The van der Waals surface area contributed by atoms with E-state index in [0.717, 1.165) is 17.0 Å². The minimum atomic E-state index is -0.187. The standard InChI is InChI=1S/C19H20FNO/c1-13(2)21-15(11-17-18(20)5-4-6-19(17)21)12-22-16-9-7-14(3)8-10-16/h4-11,13H,12H2,1-3H3. The number of hydrogen-bond acceptors (Lipinski definition) is 1. The summed E-state index contributed by atoms with van der Waals surface area (Å²) in [6, 6.07) is 15.3. The molecular formula is C19H20FNO. The lowest BCUT2D eigenvalue weighted by atomic mass is 10.2. The van der Waals surface area contributed by atoms with Gasteiger partial charge in [-0.15, -0.1) is 0 Å². The molecule has 1 heterocycles. The molecule has 3 rings (SSSR count). The first-order valence-electron chi connectivity index (χ1n) is 7.54. The Morgan fingerprint density at radius 1 is 1.09 bits per heavy atom. The fourth-order valence-corrected chi connectivity index (χ4v) is 2.78. The van der Waals surface area contributed by atoms with Crippen molar-refractivity contribution in [2.75, 3.05) is 0 Å². The van der Waals surface area contributed by atoms with Crippen LogP contribution in [0.15, 0.2) is 48.5 Å². The molecule has 0 fully saturated rings. The average molecular weight is 297 g/mol. The van der Waals surface area contributed by atoms with Gasteiger partial charge in [0.2, 0.25) is 0 Å². The summed E-state index contributed by atoms with van der Waals surface area (Å²) < 4.78 is 22.0. The zero-order valence-corrected chi connectivity index (χ0v) is 13.1. The molecule has 0 spiro atoms. The highest BCUT2D eigenvalue weighted by atomic mass is 19.1. The lowest BCUT2D eigenvalue weighted by Crippen LogP contribution is -2.08. The van der Waals surface area contributed by atoms with E-state index in [0.29, 0.717) is 12.0 Å². The Kier molecular flexibility index (Phi) is 3.88. The second-order valence-corrected chi connectivity index (χ2v) is 5.87.